The quantitative estimate of drug-likeness (QED) is 0.370. The monoisotopic (exact) mass is 380 g/mol. The lowest BCUT2D eigenvalue weighted by atomic mass is 10.0. The number of carbonyl (C=O) groups excluding carboxylic acids is 1. The van der Waals surface area contributed by atoms with Crippen molar-refractivity contribution in [1.29, 1.82) is 0 Å². The number of hydrogen-bond acceptors (Lipinski definition) is 1. The zero-order valence-electron chi connectivity index (χ0n) is 14.6. The van der Waals surface area contributed by atoms with Gasteiger partial charge in [-0.1, -0.05) is 85.0 Å². The number of alkyl halides is 1. The Hall–Kier alpha value is -1.95. The molecule has 0 saturated carbocycles. The highest BCUT2D eigenvalue weighted by molar-refractivity contribution is 7.74. The molecule has 3 heteroatoms. The fourth-order valence-corrected chi connectivity index (χ4v) is 5.85. The van der Waals surface area contributed by atoms with Crippen molar-refractivity contribution in [2.24, 2.45) is 0 Å². The molecule has 0 saturated heterocycles. The molecule has 0 aliphatic heterocycles. The van der Waals surface area contributed by atoms with Gasteiger partial charge in [-0.05, 0) is 36.6 Å². The predicted octanol–water partition coefficient (Wildman–Crippen LogP) is 5.13. The molecule has 132 valence electrons. The number of benzene rings is 2. The lowest BCUT2D eigenvalue weighted by molar-refractivity contribution is -0.114. The van der Waals surface area contributed by atoms with E-state index < -0.39 is 7.92 Å². The first-order valence-corrected chi connectivity index (χ1v) is 10.8. The van der Waals surface area contributed by atoms with E-state index in [1.165, 1.54) is 10.6 Å². The van der Waals surface area contributed by atoms with Gasteiger partial charge in [0.2, 0.25) is 0 Å². The van der Waals surface area contributed by atoms with Gasteiger partial charge >= 0.3 is 0 Å². The molecule has 1 aliphatic carbocycles. The summed E-state index contributed by atoms with van der Waals surface area (Å²) in [5, 5.41) is 2.63. The summed E-state index contributed by atoms with van der Waals surface area (Å²) in [7, 11) is -0.636. The number of rotatable bonds is 7. The molecule has 0 aromatic heterocycles. The van der Waals surface area contributed by atoms with Gasteiger partial charge in [0.15, 0.2) is 5.78 Å². The topological polar surface area (TPSA) is 17.1 Å². The Morgan fingerprint density at radius 1 is 0.962 bits per heavy atom. The van der Waals surface area contributed by atoms with Crippen molar-refractivity contribution < 1.29 is 4.79 Å². The largest absolute Gasteiger partial charge is 0.295 e. The maximum absolute atomic E-state index is 12.3. The Kier molecular flexibility index (Phi) is 7.00. The Labute approximate surface area is 161 Å². The van der Waals surface area contributed by atoms with E-state index in [2.05, 4.69) is 66.8 Å². The zero-order valence-corrected chi connectivity index (χ0v) is 16.2. The second-order valence-electron chi connectivity index (χ2n) is 6.13. The fourth-order valence-electron chi connectivity index (χ4n) is 3.06. The first-order chi connectivity index (χ1) is 12.8. The number of allylic oxidation sites excluding steroid dienone is 6. The molecule has 1 nitrogen and oxygen atoms in total. The molecule has 0 amide bonds. The van der Waals surface area contributed by atoms with E-state index in [1.807, 2.05) is 24.3 Å². The van der Waals surface area contributed by atoms with Gasteiger partial charge in [0.1, 0.15) is 0 Å². The Morgan fingerprint density at radius 2 is 1.58 bits per heavy atom. The van der Waals surface area contributed by atoms with Crippen LogP contribution in [0, 0.1) is 0 Å². The van der Waals surface area contributed by atoms with Crippen LogP contribution in [0.25, 0.3) is 0 Å². The highest BCUT2D eigenvalue weighted by Crippen LogP contribution is 2.45. The summed E-state index contributed by atoms with van der Waals surface area (Å²) >= 11 is 5.73. The van der Waals surface area contributed by atoms with Crippen LogP contribution in [-0.2, 0) is 4.79 Å². The minimum atomic E-state index is -0.636. The smallest absolute Gasteiger partial charge is 0.156 e. The van der Waals surface area contributed by atoms with Crippen molar-refractivity contribution in [2.45, 2.75) is 18.5 Å². The van der Waals surface area contributed by atoms with E-state index in [1.54, 1.807) is 0 Å². The van der Waals surface area contributed by atoms with Gasteiger partial charge in [-0.2, -0.15) is 0 Å². The SMILES string of the molecule is O=C(C=C1C=CC=CC1P(c1ccccc1)c1ccccc1)CCCCl. The summed E-state index contributed by atoms with van der Waals surface area (Å²) in [4.78, 5) is 12.3. The van der Waals surface area contributed by atoms with E-state index in [0.717, 1.165) is 12.0 Å². The Morgan fingerprint density at radius 3 is 2.15 bits per heavy atom. The second kappa shape index (κ2) is 9.67. The molecule has 2 aromatic rings. The molecule has 0 spiro atoms. The van der Waals surface area contributed by atoms with Crippen molar-refractivity contribution in [2.75, 3.05) is 5.88 Å². The Bertz CT molecular complexity index is 769. The molecule has 1 unspecified atom stereocenters. The third kappa shape index (κ3) is 4.81. The molecule has 0 bridgehead atoms. The van der Waals surface area contributed by atoms with Crippen molar-refractivity contribution >= 4 is 35.9 Å². The van der Waals surface area contributed by atoms with Crippen LogP contribution >= 0.6 is 19.5 Å². The molecule has 26 heavy (non-hydrogen) atoms. The predicted molar refractivity (Wildman–Crippen MR) is 114 cm³/mol. The van der Waals surface area contributed by atoms with E-state index in [0.29, 0.717) is 12.3 Å². The third-order valence-corrected chi connectivity index (χ3v) is 7.27. The molecule has 2 aromatic carbocycles. The van der Waals surface area contributed by atoms with Crippen molar-refractivity contribution in [3.63, 3.8) is 0 Å². The number of carbonyl (C=O) groups is 1. The summed E-state index contributed by atoms with van der Waals surface area (Å²) in [5.41, 5.74) is 1.28. The Balaban J connectivity index is 1.99. The maximum Gasteiger partial charge on any atom is 0.156 e. The molecule has 3 rings (SSSR count). The average molecular weight is 381 g/mol. The van der Waals surface area contributed by atoms with E-state index in [9.17, 15) is 4.79 Å². The minimum absolute atomic E-state index is 0.154. The van der Waals surface area contributed by atoms with Gasteiger partial charge < -0.3 is 0 Å². The van der Waals surface area contributed by atoms with Crippen LogP contribution in [0.1, 0.15) is 12.8 Å². The second-order valence-corrected chi connectivity index (χ2v) is 8.84. The molecule has 0 heterocycles. The molecule has 1 aliphatic rings. The fraction of sp³-hybridized carbons (Fsp3) is 0.174. The number of halogens is 1. The van der Waals surface area contributed by atoms with Gasteiger partial charge in [0.25, 0.3) is 0 Å². The van der Waals surface area contributed by atoms with Gasteiger partial charge in [-0.25, -0.2) is 0 Å². The summed E-state index contributed by atoms with van der Waals surface area (Å²) in [6.45, 7) is 0. The molecular weight excluding hydrogens is 359 g/mol. The molecule has 0 N–H and O–H groups in total. The average Bonchev–Trinajstić information content (AvgIpc) is 2.69. The highest BCUT2D eigenvalue weighted by Gasteiger charge is 2.26. The summed E-state index contributed by atoms with van der Waals surface area (Å²) in [5.74, 6) is 0.677. The summed E-state index contributed by atoms with van der Waals surface area (Å²) in [6.07, 6.45) is 11.5. The van der Waals surface area contributed by atoms with Crippen LogP contribution in [0.3, 0.4) is 0 Å². The molecular formula is C23H22ClOP. The van der Waals surface area contributed by atoms with Gasteiger partial charge in [0.05, 0.1) is 0 Å². The lowest BCUT2D eigenvalue weighted by Crippen LogP contribution is -2.22. The van der Waals surface area contributed by atoms with Crippen molar-refractivity contribution in [3.05, 3.63) is 96.6 Å². The van der Waals surface area contributed by atoms with Crippen LogP contribution in [0.2, 0.25) is 0 Å². The molecule has 0 fully saturated rings. The van der Waals surface area contributed by atoms with Crippen LogP contribution in [0.4, 0.5) is 0 Å². The van der Waals surface area contributed by atoms with Crippen molar-refractivity contribution in [3.8, 4) is 0 Å². The van der Waals surface area contributed by atoms with Crippen molar-refractivity contribution in [1.82, 2.24) is 0 Å². The normalized spacial score (nSPS) is 17.8. The van der Waals surface area contributed by atoms with Crippen LogP contribution in [-0.4, -0.2) is 17.3 Å². The first-order valence-electron chi connectivity index (χ1n) is 8.84. The van der Waals surface area contributed by atoms with E-state index >= 15 is 0 Å². The zero-order chi connectivity index (χ0) is 18.2. The van der Waals surface area contributed by atoms with Gasteiger partial charge in [-0.15, -0.1) is 11.6 Å². The first kappa shape index (κ1) is 18.8. The standard InChI is InChI=1S/C23H22ClOP/c24-17-9-11-20(25)18-19-10-7-8-16-23(19)26(21-12-3-1-4-13-21)22-14-5-2-6-15-22/h1-8,10,12-16,18,23H,9,11,17H2. The highest BCUT2D eigenvalue weighted by atomic mass is 35.5. The molecule has 0 radical (unpaired) electrons. The van der Waals surface area contributed by atoms with Gasteiger partial charge in [-0.3, -0.25) is 4.79 Å². The minimum Gasteiger partial charge on any atom is -0.295 e. The number of hydrogen-bond donors (Lipinski definition) is 0. The molecule has 1 atom stereocenters. The summed E-state index contributed by atoms with van der Waals surface area (Å²) in [6, 6.07) is 21.2. The maximum atomic E-state index is 12.3. The lowest BCUT2D eigenvalue weighted by Gasteiger charge is -2.28. The van der Waals surface area contributed by atoms with Crippen LogP contribution < -0.4 is 10.6 Å². The van der Waals surface area contributed by atoms with Gasteiger partial charge in [0, 0.05) is 18.0 Å². The summed E-state index contributed by atoms with van der Waals surface area (Å²) < 4.78 is 0. The van der Waals surface area contributed by atoms with Crippen LogP contribution in [0.15, 0.2) is 96.6 Å². The van der Waals surface area contributed by atoms with E-state index in [-0.39, 0.29) is 11.4 Å². The van der Waals surface area contributed by atoms with E-state index in [4.69, 9.17) is 11.6 Å². The third-order valence-electron chi connectivity index (χ3n) is 4.27. The van der Waals surface area contributed by atoms with Crippen LogP contribution in [0.5, 0.6) is 0 Å². The number of ketones is 1.